The van der Waals surface area contributed by atoms with Gasteiger partial charge in [0, 0.05) is 32.4 Å². The smallest absolute Gasteiger partial charge is 0.272 e. The summed E-state index contributed by atoms with van der Waals surface area (Å²) in [6.45, 7) is 3.74. The molecule has 0 radical (unpaired) electrons. The Kier molecular flexibility index (Phi) is 5.64. The molecule has 1 aliphatic heterocycles. The first kappa shape index (κ1) is 17.4. The number of hydrogen-bond donors (Lipinski definition) is 0. The molecule has 25 heavy (non-hydrogen) atoms. The highest BCUT2D eigenvalue weighted by molar-refractivity contribution is 5.92. The predicted octanol–water partition coefficient (Wildman–Crippen LogP) is 3.52. The van der Waals surface area contributed by atoms with Gasteiger partial charge in [-0.2, -0.15) is 0 Å². The van der Waals surface area contributed by atoms with E-state index in [2.05, 4.69) is 21.8 Å². The number of carbonyl (C=O) groups is 1. The molecule has 0 saturated carbocycles. The Morgan fingerprint density at radius 3 is 2.80 bits per heavy atom. The Bertz CT molecular complexity index is 704. The number of anilines is 1. The molecule has 1 aliphatic rings. The molecule has 5 heteroatoms. The van der Waals surface area contributed by atoms with E-state index < -0.39 is 0 Å². The molecule has 0 aliphatic carbocycles. The van der Waals surface area contributed by atoms with Crippen molar-refractivity contribution in [2.24, 2.45) is 0 Å². The number of carbonyl (C=O) groups excluding carboxylic acids is 1. The van der Waals surface area contributed by atoms with E-state index >= 15 is 0 Å². The quantitative estimate of drug-likeness (QED) is 0.837. The maximum absolute atomic E-state index is 12.8. The van der Waals surface area contributed by atoms with Crippen LogP contribution >= 0.6 is 0 Å². The molecule has 1 aromatic carbocycles. The molecular formula is C20H26N4O. The molecule has 1 fully saturated rings. The lowest BCUT2D eigenvalue weighted by atomic mass is 10.0. The summed E-state index contributed by atoms with van der Waals surface area (Å²) in [5.74, 6) is 0.614. The number of aromatic nitrogens is 2. The van der Waals surface area contributed by atoms with Gasteiger partial charge >= 0.3 is 0 Å². The van der Waals surface area contributed by atoms with Gasteiger partial charge < -0.3 is 9.80 Å². The van der Waals surface area contributed by atoms with Gasteiger partial charge in [0.2, 0.25) is 5.95 Å². The standard InChI is InChI=1S/C20H26N4O/c1-3-17-11-7-8-14-24(17)20-21-13-12-18(22-20)19(25)23(2)15-16-9-5-4-6-10-16/h4-6,9-10,12-13,17H,3,7-8,11,14-15H2,1-2H3. The van der Waals surface area contributed by atoms with Gasteiger partial charge in [-0.25, -0.2) is 9.97 Å². The van der Waals surface area contributed by atoms with Crippen molar-refractivity contribution in [1.82, 2.24) is 14.9 Å². The number of piperidine rings is 1. The van der Waals surface area contributed by atoms with Crippen LogP contribution in [0.3, 0.4) is 0 Å². The molecule has 1 amide bonds. The lowest BCUT2D eigenvalue weighted by Gasteiger charge is -2.35. The molecule has 0 bridgehead atoms. The highest BCUT2D eigenvalue weighted by Crippen LogP contribution is 2.23. The van der Waals surface area contributed by atoms with Gasteiger partial charge in [-0.1, -0.05) is 37.3 Å². The van der Waals surface area contributed by atoms with Gasteiger partial charge in [0.1, 0.15) is 5.69 Å². The second-order valence-corrected chi connectivity index (χ2v) is 6.64. The van der Waals surface area contributed by atoms with Crippen LogP contribution in [0.25, 0.3) is 0 Å². The van der Waals surface area contributed by atoms with Crippen molar-refractivity contribution >= 4 is 11.9 Å². The molecule has 1 atom stereocenters. The Hall–Kier alpha value is -2.43. The van der Waals surface area contributed by atoms with Crippen molar-refractivity contribution in [3.63, 3.8) is 0 Å². The van der Waals surface area contributed by atoms with Crippen molar-refractivity contribution in [2.75, 3.05) is 18.5 Å². The van der Waals surface area contributed by atoms with Crippen molar-refractivity contribution in [3.8, 4) is 0 Å². The fourth-order valence-corrected chi connectivity index (χ4v) is 3.42. The van der Waals surface area contributed by atoms with E-state index in [0.29, 0.717) is 24.2 Å². The first-order chi connectivity index (χ1) is 12.2. The number of rotatable bonds is 5. The highest BCUT2D eigenvalue weighted by atomic mass is 16.2. The molecule has 2 heterocycles. The monoisotopic (exact) mass is 338 g/mol. The largest absolute Gasteiger partial charge is 0.338 e. The minimum Gasteiger partial charge on any atom is -0.338 e. The van der Waals surface area contributed by atoms with Gasteiger partial charge in [0.05, 0.1) is 0 Å². The van der Waals surface area contributed by atoms with E-state index in [9.17, 15) is 4.79 Å². The summed E-state index contributed by atoms with van der Waals surface area (Å²) in [4.78, 5) is 25.7. The molecule has 2 aromatic rings. The summed E-state index contributed by atoms with van der Waals surface area (Å²) in [6, 6.07) is 12.2. The minimum absolute atomic E-state index is 0.0717. The fourth-order valence-electron chi connectivity index (χ4n) is 3.42. The van der Waals surface area contributed by atoms with Crippen LogP contribution in [0.4, 0.5) is 5.95 Å². The summed E-state index contributed by atoms with van der Waals surface area (Å²) < 4.78 is 0. The van der Waals surface area contributed by atoms with E-state index in [-0.39, 0.29) is 5.91 Å². The van der Waals surface area contributed by atoms with E-state index in [1.807, 2.05) is 37.4 Å². The fraction of sp³-hybridized carbons (Fsp3) is 0.450. The third-order valence-corrected chi connectivity index (χ3v) is 4.83. The molecule has 1 unspecified atom stereocenters. The van der Waals surface area contributed by atoms with Crippen LogP contribution in [0.5, 0.6) is 0 Å². The molecule has 0 N–H and O–H groups in total. The Balaban J connectivity index is 1.75. The van der Waals surface area contributed by atoms with E-state index in [4.69, 9.17) is 0 Å². The lowest BCUT2D eigenvalue weighted by molar-refractivity contribution is 0.0779. The second-order valence-electron chi connectivity index (χ2n) is 6.64. The number of benzene rings is 1. The second kappa shape index (κ2) is 8.10. The molecule has 1 aromatic heterocycles. The Labute approximate surface area is 149 Å². The Morgan fingerprint density at radius 2 is 2.04 bits per heavy atom. The number of nitrogens with zero attached hydrogens (tertiary/aromatic N) is 4. The van der Waals surface area contributed by atoms with Crippen LogP contribution in [0.2, 0.25) is 0 Å². The first-order valence-corrected chi connectivity index (χ1v) is 9.08. The van der Waals surface area contributed by atoms with Crippen LogP contribution in [0.15, 0.2) is 42.6 Å². The van der Waals surface area contributed by atoms with Gasteiger partial charge in [-0.05, 0) is 37.3 Å². The zero-order valence-electron chi connectivity index (χ0n) is 15.1. The van der Waals surface area contributed by atoms with E-state index in [0.717, 1.165) is 24.9 Å². The summed E-state index contributed by atoms with van der Waals surface area (Å²) in [7, 11) is 1.81. The average Bonchev–Trinajstić information content (AvgIpc) is 2.68. The number of hydrogen-bond acceptors (Lipinski definition) is 4. The van der Waals surface area contributed by atoms with Crippen LogP contribution < -0.4 is 4.90 Å². The lowest BCUT2D eigenvalue weighted by Crippen LogP contribution is -2.40. The molecule has 1 saturated heterocycles. The van der Waals surface area contributed by atoms with Crippen molar-refractivity contribution in [3.05, 3.63) is 53.9 Å². The summed E-state index contributed by atoms with van der Waals surface area (Å²) >= 11 is 0. The highest BCUT2D eigenvalue weighted by Gasteiger charge is 2.24. The van der Waals surface area contributed by atoms with Crippen molar-refractivity contribution in [1.29, 1.82) is 0 Å². The van der Waals surface area contributed by atoms with E-state index in [1.165, 1.54) is 12.8 Å². The molecule has 5 nitrogen and oxygen atoms in total. The van der Waals surface area contributed by atoms with Crippen molar-refractivity contribution in [2.45, 2.75) is 45.2 Å². The van der Waals surface area contributed by atoms with Gasteiger partial charge in [0.15, 0.2) is 0 Å². The maximum Gasteiger partial charge on any atom is 0.272 e. The number of amides is 1. The zero-order valence-corrected chi connectivity index (χ0v) is 15.1. The van der Waals surface area contributed by atoms with Crippen LogP contribution in [-0.4, -0.2) is 40.4 Å². The molecular weight excluding hydrogens is 312 g/mol. The molecule has 132 valence electrons. The van der Waals surface area contributed by atoms with Gasteiger partial charge in [-0.3, -0.25) is 4.79 Å². The summed E-state index contributed by atoms with van der Waals surface area (Å²) in [6.07, 6.45) is 6.37. The van der Waals surface area contributed by atoms with E-state index in [1.54, 1.807) is 17.2 Å². The zero-order chi connectivity index (χ0) is 17.6. The third-order valence-electron chi connectivity index (χ3n) is 4.83. The topological polar surface area (TPSA) is 49.3 Å². The minimum atomic E-state index is -0.0717. The van der Waals surface area contributed by atoms with Crippen LogP contribution in [-0.2, 0) is 6.54 Å². The first-order valence-electron chi connectivity index (χ1n) is 9.08. The summed E-state index contributed by atoms with van der Waals surface area (Å²) in [5, 5.41) is 0. The van der Waals surface area contributed by atoms with Crippen molar-refractivity contribution < 1.29 is 4.79 Å². The normalized spacial score (nSPS) is 17.4. The predicted molar refractivity (Wildman–Crippen MR) is 99.5 cm³/mol. The average molecular weight is 338 g/mol. The SMILES string of the molecule is CCC1CCCCN1c1nccc(C(=O)N(C)Cc2ccccc2)n1. The third kappa shape index (κ3) is 4.16. The Morgan fingerprint density at radius 1 is 1.24 bits per heavy atom. The molecule has 0 spiro atoms. The van der Waals surface area contributed by atoms with Gasteiger partial charge in [0.25, 0.3) is 5.91 Å². The molecule has 3 rings (SSSR count). The van der Waals surface area contributed by atoms with Gasteiger partial charge in [-0.15, -0.1) is 0 Å². The van der Waals surface area contributed by atoms with Crippen LogP contribution in [0.1, 0.15) is 48.7 Å². The van der Waals surface area contributed by atoms with Crippen LogP contribution in [0, 0.1) is 0 Å². The maximum atomic E-state index is 12.8. The summed E-state index contributed by atoms with van der Waals surface area (Å²) in [5.41, 5.74) is 1.57.